The van der Waals surface area contributed by atoms with Gasteiger partial charge in [-0.15, -0.1) is 22.7 Å². The zero-order valence-corrected chi connectivity index (χ0v) is 18.3. The molecule has 0 unspecified atom stereocenters. The quantitative estimate of drug-likeness (QED) is 0.391. The number of nitrogens with one attached hydrogen (secondary N) is 2. The summed E-state index contributed by atoms with van der Waals surface area (Å²) in [6, 6.07) is 12.3. The molecule has 30 heavy (non-hydrogen) atoms. The summed E-state index contributed by atoms with van der Waals surface area (Å²) in [5.41, 5.74) is 2.76. The lowest BCUT2D eigenvalue weighted by atomic mass is 10.1. The lowest BCUT2D eigenvalue weighted by Crippen LogP contribution is -2.29. The van der Waals surface area contributed by atoms with Crippen LogP contribution in [0.5, 0.6) is 0 Å². The molecular formula is C22H23N5OS2. The summed E-state index contributed by atoms with van der Waals surface area (Å²) in [5.74, 6) is 1.32. The minimum absolute atomic E-state index is 0.00225. The van der Waals surface area contributed by atoms with E-state index in [0.29, 0.717) is 12.5 Å². The Bertz CT molecular complexity index is 1120. The Kier molecular flexibility index (Phi) is 5.37. The van der Waals surface area contributed by atoms with Gasteiger partial charge in [0.25, 0.3) is 0 Å². The van der Waals surface area contributed by atoms with E-state index in [1.165, 1.54) is 4.88 Å². The molecule has 3 aromatic heterocycles. The van der Waals surface area contributed by atoms with Crippen LogP contribution in [0.1, 0.15) is 29.8 Å². The lowest BCUT2D eigenvalue weighted by molar-refractivity contribution is 0.171. The maximum atomic E-state index is 10.4. The topological polar surface area (TPSA) is 83.0 Å². The van der Waals surface area contributed by atoms with Crippen molar-refractivity contribution in [2.75, 3.05) is 10.6 Å². The Morgan fingerprint density at radius 1 is 1.10 bits per heavy atom. The highest BCUT2D eigenvalue weighted by atomic mass is 32.1. The van der Waals surface area contributed by atoms with E-state index in [9.17, 15) is 5.11 Å². The number of anilines is 2. The van der Waals surface area contributed by atoms with E-state index < -0.39 is 0 Å². The van der Waals surface area contributed by atoms with Crippen LogP contribution in [-0.2, 0) is 6.54 Å². The van der Waals surface area contributed by atoms with Gasteiger partial charge in [-0.1, -0.05) is 18.2 Å². The Balaban J connectivity index is 1.53. The van der Waals surface area contributed by atoms with Gasteiger partial charge in [0, 0.05) is 4.88 Å². The van der Waals surface area contributed by atoms with Crippen LogP contribution in [0.2, 0.25) is 0 Å². The van der Waals surface area contributed by atoms with Crippen LogP contribution < -0.4 is 10.6 Å². The fraction of sp³-hybridized carbons (Fsp3) is 0.318. The summed E-state index contributed by atoms with van der Waals surface area (Å²) in [6.45, 7) is 2.68. The molecule has 0 amide bonds. The summed E-state index contributed by atoms with van der Waals surface area (Å²) in [7, 11) is 0. The predicted octanol–water partition coefficient (Wildman–Crippen LogP) is 5.06. The van der Waals surface area contributed by atoms with Gasteiger partial charge in [-0.25, -0.2) is 9.97 Å². The summed E-state index contributed by atoms with van der Waals surface area (Å²) in [6.07, 6.45) is 2.41. The van der Waals surface area contributed by atoms with E-state index in [1.54, 1.807) is 22.7 Å². The number of aryl methyl sites for hydroxylation is 1. The summed E-state index contributed by atoms with van der Waals surface area (Å²) in [4.78, 5) is 15.6. The van der Waals surface area contributed by atoms with Crippen molar-refractivity contribution in [3.63, 3.8) is 0 Å². The summed E-state index contributed by atoms with van der Waals surface area (Å²) >= 11 is 3.35. The molecule has 0 saturated heterocycles. The highest BCUT2D eigenvalue weighted by Gasteiger charge is 2.27. The van der Waals surface area contributed by atoms with E-state index in [0.717, 1.165) is 51.6 Å². The van der Waals surface area contributed by atoms with Crippen LogP contribution in [0, 0.1) is 6.92 Å². The van der Waals surface area contributed by atoms with E-state index in [1.807, 2.05) is 31.2 Å². The van der Waals surface area contributed by atoms with Gasteiger partial charge in [0.15, 0.2) is 0 Å². The molecule has 0 aliphatic heterocycles. The van der Waals surface area contributed by atoms with Crippen molar-refractivity contribution >= 4 is 44.7 Å². The molecule has 2 atom stereocenters. The van der Waals surface area contributed by atoms with Gasteiger partial charge in [0.05, 0.1) is 40.2 Å². The van der Waals surface area contributed by atoms with Gasteiger partial charge in [-0.05, 0) is 49.8 Å². The third kappa shape index (κ3) is 3.90. The van der Waals surface area contributed by atoms with Gasteiger partial charge in [0.2, 0.25) is 5.95 Å². The lowest BCUT2D eigenvalue weighted by Gasteiger charge is -2.20. The molecule has 8 heteroatoms. The molecule has 5 rings (SSSR count). The number of fused-ring (bicyclic) bond motifs is 1. The summed E-state index contributed by atoms with van der Waals surface area (Å²) in [5, 5.41) is 20.2. The first-order chi connectivity index (χ1) is 14.7. The molecule has 3 N–H and O–H groups in total. The smallest absolute Gasteiger partial charge is 0.225 e. The third-order valence-corrected chi connectivity index (χ3v) is 7.33. The van der Waals surface area contributed by atoms with Crippen molar-refractivity contribution in [3.8, 4) is 10.6 Å². The monoisotopic (exact) mass is 437 g/mol. The number of para-hydroxylation sites is 1. The molecule has 1 aliphatic rings. The van der Waals surface area contributed by atoms with E-state index in [2.05, 4.69) is 28.1 Å². The predicted molar refractivity (Wildman–Crippen MR) is 124 cm³/mol. The molecule has 0 bridgehead atoms. The maximum absolute atomic E-state index is 10.4. The number of thiophene rings is 1. The Hall–Kier alpha value is -2.55. The van der Waals surface area contributed by atoms with Gasteiger partial charge in [-0.3, -0.25) is 0 Å². The third-order valence-electron chi connectivity index (χ3n) is 5.40. The second-order valence-corrected chi connectivity index (χ2v) is 9.59. The van der Waals surface area contributed by atoms with Crippen molar-refractivity contribution < 1.29 is 5.11 Å². The van der Waals surface area contributed by atoms with Gasteiger partial charge >= 0.3 is 0 Å². The standard InChI is InChI=1S/C22H23N5OS2/c1-13-19(21-26-16-7-2-3-10-18(16)30-21)20(25-15-8-4-9-17(15)28)27-22(24-13)23-12-14-6-5-11-29-14/h2-3,5-7,10-11,15,17,28H,4,8-9,12H2,1H3,(H2,23,24,25,27)/t15-,17-/m1/s1. The normalized spacial score (nSPS) is 18.7. The molecule has 0 radical (unpaired) electrons. The second kappa shape index (κ2) is 8.29. The van der Waals surface area contributed by atoms with Crippen LogP contribution in [0.15, 0.2) is 41.8 Å². The molecule has 0 spiro atoms. The number of aromatic nitrogens is 3. The molecule has 1 fully saturated rings. The fourth-order valence-corrected chi connectivity index (χ4v) is 5.56. The minimum Gasteiger partial charge on any atom is -0.391 e. The average Bonchev–Trinajstić information content (AvgIpc) is 3.48. The first kappa shape index (κ1) is 19.4. The Labute approximate surface area is 183 Å². The zero-order valence-electron chi connectivity index (χ0n) is 16.6. The Morgan fingerprint density at radius 2 is 2.00 bits per heavy atom. The molecule has 6 nitrogen and oxygen atoms in total. The second-order valence-electron chi connectivity index (χ2n) is 7.52. The number of thiazole rings is 1. The maximum Gasteiger partial charge on any atom is 0.225 e. The first-order valence-corrected chi connectivity index (χ1v) is 11.8. The van der Waals surface area contributed by atoms with E-state index in [-0.39, 0.29) is 12.1 Å². The fourth-order valence-electron chi connectivity index (χ4n) is 3.86. The SMILES string of the molecule is Cc1nc(NCc2cccs2)nc(N[C@@H]2CCC[C@H]2O)c1-c1nc2ccccc2s1. The van der Waals surface area contributed by atoms with Crippen molar-refractivity contribution in [2.45, 2.75) is 44.9 Å². The van der Waals surface area contributed by atoms with Crippen LogP contribution >= 0.6 is 22.7 Å². The first-order valence-electron chi connectivity index (χ1n) is 10.1. The van der Waals surface area contributed by atoms with E-state index in [4.69, 9.17) is 15.0 Å². The van der Waals surface area contributed by atoms with Crippen molar-refractivity contribution in [1.29, 1.82) is 0 Å². The Morgan fingerprint density at radius 3 is 2.77 bits per heavy atom. The van der Waals surface area contributed by atoms with Crippen LogP contribution in [0.4, 0.5) is 11.8 Å². The highest BCUT2D eigenvalue weighted by Crippen LogP contribution is 2.37. The molecule has 4 aromatic rings. The molecule has 1 aliphatic carbocycles. The number of aliphatic hydroxyl groups is 1. The van der Waals surface area contributed by atoms with Crippen LogP contribution in [0.25, 0.3) is 20.8 Å². The van der Waals surface area contributed by atoms with Gasteiger partial charge in [0.1, 0.15) is 10.8 Å². The number of nitrogens with zero attached hydrogens (tertiary/aromatic N) is 3. The number of aliphatic hydroxyl groups excluding tert-OH is 1. The van der Waals surface area contributed by atoms with E-state index >= 15 is 0 Å². The van der Waals surface area contributed by atoms with Gasteiger partial charge in [-0.2, -0.15) is 4.98 Å². The molecule has 1 aromatic carbocycles. The summed E-state index contributed by atoms with van der Waals surface area (Å²) < 4.78 is 1.14. The molecule has 154 valence electrons. The number of hydrogen-bond donors (Lipinski definition) is 3. The molecule has 3 heterocycles. The van der Waals surface area contributed by atoms with Gasteiger partial charge < -0.3 is 15.7 Å². The van der Waals surface area contributed by atoms with Crippen molar-refractivity contribution in [1.82, 2.24) is 15.0 Å². The highest BCUT2D eigenvalue weighted by molar-refractivity contribution is 7.21. The van der Waals surface area contributed by atoms with Crippen molar-refractivity contribution in [3.05, 3.63) is 52.3 Å². The number of rotatable bonds is 6. The minimum atomic E-state index is -0.356. The van der Waals surface area contributed by atoms with Crippen molar-refractivity contribution in [2.24, 2.45) is 0 Å². The van der Waals surface area contributed by atoms with Crippen LogP contribution in [0.3, 0.4) is 0 Å². The van der Waals surface area contributed by atoms with Crippen LogP contribution in [-0.4, -0.2) is 32.2 Å². The zero-order chi connectivity index (χ0) is 20.5. The molecular weight excluding hydrogens is 414 g/mol. The number of hydrogen-bond acceptors (Lipinski definition) is 8. The number of benzene rings is 1. The molecule has 1 saturated carbocycles. The average molecular weight is 438 g/mol. The largest absolute Gasteiger partial charge is 0.391 e.